The lowest BCUT2D eigenvalue weighted by atomic mass is 10.1. The number of nitrogens with zero attached hydrogens (tertiary/aromatic N) is 3. The smallest absolute Gasteiger partial charge is 0.265 e. The number of aromatic nitrogens is 2. The van der Waals surface area contributed by atoms with E-state index in [1.165, 1.54) is 11.3 Å². The van der Waals surface area contributed by atoms with Crippen molar-refractivity contribution in [2.24, 2.45) is 7.05 Å². The predicted molar refractivity (Wildman–Crippen MR) is 105 cm³/mol. The Morgan fingerprint density at radius 2 is 1.85 bits per heavy atom. The van der Waals surface area contributed by atoms with E-state index in [9.17, 15) is 9.59 Å². The maximum Gasteiger partial charge on any atom is 0.265 e. The molecule has 0 fully saturated rings. The van der Waals surface area contributed by atoms with Gasteiger partial charge in [0.15, 0.2) is 0 Å². The Balaban J connectivity index is 1.74. The molecule has 0 saturated carbocycles. The zero-order valence-corrected chi connectivity index (χ0v) is 16.2. The van der Waals surface area contributed by atoms with E-state index in [2.05, 4.69) is 10.4 Å². The molecular weight excluding hydrogens is 348 g/mol. The van der Waals surface area contributed by atoms with Crippen LogP contribution in [-0.2, 0) is 7.05 Å². The van der Waals surface area contributed by atoms with E-state index in [1.807, 2.05) is 33.9 Å². The fourth-order valence-corrected chi connectivity index (χ4v) is 3.92. The molecule has 2 amide bonds. The number of aryl methyl sites for hydroxylation is 2. The number of amides is 2. The summed E-state index contributed by atoms with van der Waals surface area (Å²) in [5.74, 6) is -0.159. The van der Waals surface area contributed by atoms with Crippen LogP contribution in [0.5, 0.6) is 0 Å². The van der Waals surface area contributed by atoms with Gasteiger partial charge in [-0.25, -0.2) is 0 Å². The summed E-state index contributed by atoms with van der Waals surface area (Å²) < 4.78 is 1.79. The van der Waals surface area contributed by atoms with Gasteiger partial charge in [-0.1, -0.05) is 0 Å². The van der Waals surface area contributed by atoms with Gasteiger partial charge in [-0.3, -0.25) is 14.3 Å². The van der Waals surface area contributed by atoms with Crippen molar-refractivity contribution in [3.8, 4) is 0 Å². The standard InChI is InChI=1S/C19H22N4O2S/c1-5-23(6-2)18(25)13-7-9-14(10-8-13)20-17(24)16-11-15-12(3)21-22(4)19(15)26-16/h7-11H,5-6H2,1-4H3,(H,20,24). The largest absolute Gasteiger partial charge is 0.339 e. The molecule has 2 heterocycles. The topological polar surface area (TPSA) is 67.2 Å². The lowest BCUT2D eigenvalue weighted by Crippen LogP contribution is -2.30. The number of rotatable bonds is 5. The highest BCUT2D eigenvalue weighted by atomic mass is 32.1. The fourth-order valence-electron chi connectivity index (χ4n) is 2.90. The van der Waals surface area contributed by atoms with Crippen LogP contribution < -0.4 is 5.32 Å². The Morgan fingerprint density at radius 1 is 1.19 bits per heavy atom. The quantitative estimate of drug-likeness (QED) is 0.745. The molecule has 0 radical (unpaired) electrons. The molecule has 3 aromatic rings. The Morgan fingerprint density at radius 3 is 2.42 bits per heavy atom. The van der Waals surface area contributed by atoms with Crippen molar-refractivity contribution < 1.29 is 9.59 Å². The summed E-state index contributed by atoms with van der Waals surface area (Å²) in [6, 6.07) is 8.88. The number of carbonyl (C=O) groups excluding carboxylic acids is 2. The number of anilines is 1. The number of thiophene rings is 1. The first-order chi connectivity index (χ1) is 12.4. The molecule has 0 aliphatic carbocycles. The summed E-state index contributed by atoms with van der Waals surface area (Å²) in [7, 11) is 1.87. The number of hydrogen-bond donors (Lipinski definition) is 1. The zero-order valence-electron chi connectivity index (χ0n) is 15.4. The van der Waals surface area contributed by atoms with E-state index in [0.29, 0.717) is 29.2 Å². The molecule has 0 aliphatic rings. The molecule has 6 nitrogen and oxygen atoms in total. The number of carbonyl (C=O) groups is 2. The van der Waals surface area contributed by atoms with Crippen LogP contribution in [0.3, 0.4) is 0 Å². The monoisotopic (exact) mass is 370 g/mol. The zero-order chi connectivity index (χ0) is 18.8. The highest BCUT2D eigenvalue weighted by Crippen LogP contribution is 2.28. The van der Waals surface area contributed by atoms with Crippen LogP contribution in [0, 0.1) is 6.92 Å². The summed E-state index contributed by atoms with van der Waals surface area (Å²) >= 11 is 1.42. The molecule has 0 atom stereocenters. The lowest BCUT2D eigenvalue weighted by Gasteiger charge is -2.18. The van der Waals surface area contributed by atoms with Gasteiger partial charge >= 0.3 is 0 Å². The first-order valence-corrected chi connectivity index (χ1v) is 9.40. The fraction of sp³-hybridized carbons (Fsp3) is 0.316. The van der Waals surface area contributed by atoms with Crippen molar-refractivity contribution in [2.45, 2.75) is 20.8 Å². The van der Waals surface area contributed by atoms with Gasteiger partial charge in [0.2, 0.25) is 0 Å². The van der Waals surface area contributed by atoms with Crippen molar-refractivity contribution in [1.29, 1.82) is 0 Å². The first kappa shape index (κ1) is 18.1. The second kappa shape index (κ2) is 7.29. The highest BCUT2D eigenvalue weighted by molar-refractivity contribution is 7.20. The molecule has 1 N–H and O–H groups in total. The van der Waals surface area contributed by atoms with E-state index in [0.717, 1.165) is 15.9 Å². The Bertz CT molecular complexity index is 917. The minimum absolute atomic E-state index is 0.000332. The van der Waals surface area contributed by atoms with Crippen molar-refractivity contribution in [3.63, 3.8) is 0 Å². The summed E-state index contributed by atoms with van der Waals surface area (Å²) in [5.41, 5.74) is 2.20. The van der Waals surface area contributed by atoms with Gasteiger partial charge in [-0.05, 0) is 51.1 Å². The third-order valence-electron chi connectivity index (χ3n) is 4.36. The van der Waals surface area contributed by atoms with Crippen LogP contribution >= 0.6 is 11.3 Å². The Kier molecular flexibility index (Phi) is 5.08. The Labute approximate surface area is 156 Å². The van der Waals surface area contributed by atoms with Gasteiger partial charge in [0.05, 0.1) is 10.6 Å². The summed E-state index contributed by atoms with van der Waals surface area (Å²) in [6.07, 6.45) is 0. The van der Waals surface area contributed by atoms with Gasteiger partial charge in [0.25, 0.3) is 11.8 Å². The molecule has 0 spiro atoms. The van der Waals surface area contributed by atoms with Crippen molar-refractivity contribution in [3.05, 3.63) is 46.5 Å². The molecule has 0 saturated heterocycles. The predicted octanol–water partition coefficient (Wildman–Crippen LogP) is 3.68. The average Bonchev–Trinajstić information content (AvgIpc) is 3.18. The second-order valence-electron chi connectivity index (χ2n) is 6.05. The highest BCUT2D eigenvalue weighted by Gasteiger charge is 2.16. The lowest BCUT2D eigenvalue weighted by molar-refractivity contribution is 0.0773. The third kappa shape index (κ3) is 3.35. The van der Waals surface area contributed by atoms with Crippen LogP contribution in [-0.4, -0.2) is 39.6 Å². The molecule has 0 aliphatic heterocycles. The summed E-state index contributed by atoms with van der Waals surface area (Å²) in [5, 5.41) is 8.24. The van der Waals surface area contributed by atoms with Crippen LogP contribution in [0.15, 0.2) is 30.3 Å². The minimum Gasteiger partial charge on any atom is -0.339 e. The number of benzene rings is 1. The van der Waals surface area contributed by atoms with E-state index in [-0.39, 0.29) is 11.8 Å². The number of nitrogens with one attached hydrogen (secondary N) is 1. The number of hydrogen-bond acceptors (Lipinski definition) is 4. The van der Waals surface area contributed by atoms with Gasteiger partial charge in [0.1, 0.15) is 4.83 Å². The maximum absolute atomic E-state index is 12.5. The summed E-state index contributed by atoms with van der Waals surface area (Å²) in [6.45, 7) is 7.20. The van der Waals surface area contributed by atoms with Crippen molar-refractivity contribution in [1.82, 2.24) is 14.7 Å². The second-order valence-corrected chi connectivity index (χ2v) is 7.08. The third-order valence-corrected chi connectivity index (χ3v) is 5.56. The first-order valence-electron chi connectivity index (χ1n) is 8.58. The van der Waals surface area contributed by atoms with E-state index < -0.39 is 0 Å². The van der Waals surface area contributed by atoms with E-state index in [4.69, 9.17) is 0 Å². The molecule has 7 heteroatoms. The molecule has 2 aromatic heterocycles. The average molecular weight is 370 g/mol. The van der Waals surface area contributed by atoms with E-state index in [1.54, 1.807) is 33.8 Å². The van der Waals surface area contributed by atoms with Crippen molar-refractivity contribution >= 4 is 39.1 Å². The maximum atomic E-state index is 12.5. The summed E-state index contributed by atoms with van der Waals surface area (Å²) in [4.78, 5) is 28.2. The van der Waals surface area contributed by atoms with Gasteiger partial charge in [0, 0.05) is 36.8 Å². The van der Waals surface area contributed by atoms with Crippen LogP contribution in [0.25, 0.3) is 10.2 Å². The Hall–Kier alpha value is -2.67. The van der Waals surface area contributed by atoms with E-state index >= 15 is 0 Å². The van der Waals surface area contributed by atoms with Gasteiger partial charge in [-0.15, -0.1) is 11.3 Å². The van der Waals surface area contributed by atoms with Crippen LogP contribution in [0.4, 0.5) is 5.69 Å². The normalized spacial score (nSPS) is 10.9. The minimum atomic E-state index is -0.159. The van der Waals surface area contributed by atoms with Gasteiger partial charge in [-0.2, -0.15) is 5.10 Å². The molecule has 0 bridgehead atoms. The molecule has 136 valence electrons. The molecular formula is C19H22N4O2S. The van der Waals surface area contributed by atoms with Crippen molar-refractivity contribution in [2.75, 3.05) is 18.4 Å². The molecule has 26 heavy (non-hydrogen) atoms. The molecule has 0 unspecified atom stereocenters. The SMILES string of the molecule is CCN(CC)C(=O)c1ccc(NC(=O)c2cc3c(C)nn(C)c3s2)cc1. The van der Waals surface area contributed by atoms with Gasteiger partial charge < -0.3 is 10.2 Å². The van der Waals surface area contributed by atoms with Crippen LogP contribution in [0.2, 0.25) is 0 Å². The van der Waals surface area contributed by atoms with Crippen LogP contribution in [0.1, 0.15) is 39.6 Å². The molecule has 1 aromatic carbocycles. The number of fused-ring (bicyclic) bond motifs is 1. The molecule has 3 rings (SSSR count).